The van der Waals surface area contributed by atoms with Crippen molar-refractivity contribution in [2.75, 3.05) is 0 Å². The molecule has 6 nitrogen and oxygen atoms in total. The van der Waals surface area contributed by atoms with E-state index in [2.05, 4.69) is 0 Å². The molecule has 0 fully saturated rings. The minimum Gasteiger partial charge on any atom is -0.253 e. The van der Waals surface area contributed by atoms with Crippen LogP contribution in [0.5, 0.6) is 0 Å². The molecule has 0 heterocycles. The summed E-state index contributed by atoms with van der Waals surface area (Å²) in [5.41, 5.74) is 0. The van der Waals surface area contributed by atoms with E-state index in [1.807, 2.05) is 0 Å². The Hall–Kier alpha value is -1.38. The maximum atomic E-state index is 10.3. The number of benzene rings is 1. The summed E-state index contributed by atoms with van der Waals surface area (Å²) in [6.45, 7) is 0. The van der Waals surface area contributed by atoms with E-state index >= 15 is 0 Å². The Morgan fingerprint density at radius 3 is 2.00 bits per heavy atom. The smallest absolute Gasteiger partial charge is 0.253 e. The molecule has 1 aromatic rings. The van der Waals surface area contributed by atoms with Crippen molar-refractivity contribution in [3.05, 3.63) is 54.1 Å². The molecule has 1 aromatic carbocycles. The first-order chi connectivity index (χ1) is 6.61. The van der Waals surface area contributed by atoms with Crippen LogP contribution < -0.4 is 0 Å². The molecular formula is C7H5IN2O4. The van der Waals surface area contributed by atoms with Crippen LogP contribution in [0.3, 0.4) is 0 Å². The van der Waals surface area contributed by atoms with Crippen LogP contribution in [0.1, 0.15) is 0 Å². The quantitative estimate of drug-likeness (QED) is 0.480. The molecule has 74 valence electrons. The number of nitrogens with zero attached hydrogens (tertiary/aromatic N) is 2. The van der Waals surface area contributed by atoms with Crippen LogP contribution >= 0.6 is 20.7 Å². The molecule has 0 unspecified atom stereocenters. The van der Waals surface area contributed by atoms with Gasteiger partial charge in [-0.05, 0) is 12.1 Å². The Morgan fingerprint density at radius 2 is 1.57 bits per heavy atom. The van der Waals surface area contributed by atoms with Gasteiger partial charge in [-0.15, -0.1) is 0 Å². The minimum atomic E-state index is -1.30. The molecule has 1 rings (SSSR count). The topological polar surface area (TPSA) is 86.3 Å². The van der Waals surface area contributed by atoms with Crippen LogP contribution in [-0.2, 0) is 0 Å². The standard InChI is InChI=1S/C7H5IN2O4/c11-9(12)7(10(13)14)8-6-4-2-1-3-5-6/h1-5H. The van der Waals surface area contributed by atoms with E-state index in [4.69, 9.17) is 0 Å². The highest BCUT2D eigenvalue weighted by molar-refractivity contribution is 14.2. The van der Waals surface area contributed by atoms with Crippen LogP contribution in [0.25, 0.3) is 0 Å². The molecule has 0 saturated heterocycles. The second kappa shape index (κ2) is 4.74. The van der Waals surface area contributed by atoms with Gasteiger partial charge in [-0.3, -0.25) is 20.2 Å². The maximum absolute atomic E-state index is 10.3. The van der Waals surface area contributed by atoms with Gasteiger partial charge in [0.15, 0.2) is 0 Å². The van der Waals surface area contributed by atoms with Crippen LogP contribution in [0.4, 0.5) is 0 Å². The van der Waals surface area contributed by atoms with Gasteiger partial charge in [0.1, 0.15) is 9.85 Å². The normalized spacial score (nSPS) is 9.43. The van der Waals surface area contributed by atoms with Gasteiger partial charge in [-0.2, -0.15) is 0 Å². The van der Waals surface area contributed by atoms with E-state index in [0.29, 0.717) is 3.57 Å². The molecule has 0 amide bonds. The fraction of sp³-hybridized carbons (Fsp3) is 0. The van der Waals surface area contributed by atoms with Crippen molar-refractivity contribution in [3.63, 3.8) is 0 Å². The molecule has 0 aromatic heterocycles. The van der Waals surface area contributed by atoms with Gasteiger partial charge in [0.2, 0.25) is 0 Å². The Kier molecular flexibility index (Phi) is 3.63. The van der Waals surface area contributed by atoms with E-state index in [9.17, 15) is 20.2 Å². The molecule has 0 bridgehead atoms. The SMILES string of the molecule is O=[N+]([O-])C(=Ic1ccccc1)[N+](=O)[O-]. The highest BCUT2D eigenvalue weighted by Crippen LogP contribution is 2.13. The van der Waals surface area contributed by atoms with Crippen LogP contribution in [0, 0.1) is 23.8 Å². The molecule has 0 N–H and O–H groups in total. The molecule has 0 aliphatic carbocycles. The summed E-state index contributed by atoms with van der Waals surface area (Å²) in [6, 6.07) is 8.46. The fourth-order valence-electron chi connectivity index (χ4n) is 0.711. The van der Waals surface area contributed by atoms with Crippen LogP contribution in [0.15, 0.2) is 30.3 Å². The predicted molar refractivity (Wildman–Crippen MR) is 58.2 cm³/mol. The van der Waals surface area contributed by atoms with Gasteiger partial charge >= 0.3 is 3.76 Å². The van der Waals surface area contributed by atoms with E-state index in [-0.39, 0.29) is 0 Å². The zero-order chi connectivity index (χ0) is 10.6. The fourth-order valence-corrected chi connectivity index (χ4v) is 2.44. The van der Waals surface area contributed by atoms with E-state index in [1.165, 1.54) is 0 Å². The summed E-state index contributed by atoms with van der Waals surface area (Å²) in [6.07, 6.45) is 0. The van der Waals surface area contributed by atoms with Gasteiger partial charge in [-0.1, -0.05) is 18.2 Å². The number of hydrogen-bond donors (Lipinski definition) is 0. The van der Waals surface area contributed by atoms with Crippen LogP contribution in [-0.4, -0.2) is 13.6 Å². The second-order valence-corrected chi connectivity index (χ2v) is 4.92. The molecule has 0 aliphatic rings. The summed E-state index contributed by atoms with van der Waals surface area (Å²) >= 11 is -1.30. The average molecular weight is 308 g/mol. The second-order valence-electron chi connectivity index (χ2n) is 2.17. The van der Waals surface area contributed by atoms with Gasteiger partial charge in [0, 0.05) is 3.57 Å². The minimum absolute atomic E-state index is 0.662. The first kappa shape index (κ1) is 10.7. The van der Waals surface area contributed by atoms with Crippen molar-refractivity contribution in [1.29, 1.82) is 0 Å². The lowest BCUT2D eigenvalue weighted by Gasteiger charge is -1.88. The molecule has 0 radical (unpaired) electrons. The lowest BCUT2D eigenvalue weighted by molar-refractivity contribution is -0.493. The first-order valence-electron chi connectivity index (χ1n) is 3.47. The van der Waals surface area contributed by atoms with Gasteiger partial charge in [0.05, 0.1) is 20.7 Å². The largest absolute Gasteiger partial charge is 0.585 e. The third kappa shape index (κ3) is 2.83. The summed E-state index contributed by atoms with van der Waals surface area (Å²) in [5.74, 6) is 0. The third-order valence-electron chi connectivity index (χ3n) is 1.23. The lowest BCUT2D eigenvalue weighted by Crippen LogP contribution is -2.19. The van der Waals surface area contributed by atoms with Crippen molar-refractivity contribution in [1.82, 2.24) is 0 Å². The summed E-state index contributed by atoms with van der Waals surface area (Å²) in [5, 5.41) is 20.6. The number of halogens is 1. The summed E-state index contributed by atoms with van der Waals surface area (Å²) < 4.78 is -0.135. The third-order valence-corrected chi connectivity index (χ3v) is 3.84. The first-order valence-corrected chi connectivity index (χ1v) is 5.62. The van der Waals surface area contributed by atoms with Crippen molar-refractivity contribution in [2.45, 2.75) is 0 Å². The van der Waals surface area contributed by atoms with Gasteiger partial charge in [0.25, 0.3) is 0 Å². The Bertz CT molecular complexity index is 374. The number of hydrogen-bond acceptors (Lipinski definition) is 4. The zero-order valence-electron chi connectivity index (χ0n) is 6.79. The monoisotopic (exact) mass is 308 g/mol. The Labute approximate surface area is 88.6 Å². The van der Waals surface area contributed by atoms with E-state index < -0.39 is 34.3 Å². The summed E-state index contributed by atoms with van der Waals surface area (Å²) in [7, 11) is 0. The number of rotatable bonds is 3. The average Bonchev–Trinajstić information content (AvgIpc) is 2.15. The van der Waals surface area contributed by atoms with Crippen molar-refractivity contribution < 1.29 is 9.85 Å². The molecule has 0 atom stereocenters. The molecule has 7 heteroatoms. The van der Waals surface area contributed by atoms with Crippen molar-refractivity contribution >= 4 is 24.5 Å². The predicted octanol–water partition coefficient (Wildman–Crippen LogP) is 1.47. The maximum Gasteiger partial charge on any atom is 0.585 e. The van der Waals surface area contributed by atoms with Crippen LogP contribution in [0.2, 0.25) is 0 Å². The highest BCUT2D eigenvalue weighted by Gasteiger charge is 2.25. The Morgan fingerprint density at radius 1 is 1.07 bits per heavy atom. The lowest BCUT2D eigenvalue weighted by atomic mass is 10.4. The van der Waals surface area contributed by atoms with Gasteiger partial charge < -0.3 is 0 Å². The van der Waals surface area contributed by atoms with E-state index in [0.717, 1.165) is 0 Å². The zero-order valence-corrected chi connectivity index (χ0v) is 8.95. The Balaban J connectivity index is 3.06. The van der Waals surface area contributed by atoms with E-state index in [1.54, 1.807) is 30.3 Å². The van der Waals surface area contributed by atoms with Gasteiger partial charge in [-0.25, -0.2) is 0 Å². The number of nitro groups is 2. The summed E-state index contributed by atoms with van der Waals surface area (Å²) in [4.78, 5) is 18.8. The molecule has 0 aliphatic heterocycles. The molecule has 0 spiro atoms. The van der Waals surface area contributed by atoms with Crippen molar-refractivity contribution in [3.8, 4) is 0 Å². The molecule has 14 heavy (non-hydrogen) atoms. The van der Waals surface area contributed by atoms with Crippen molar-refractivity contribution in [2.24, 2.45) is 0 Å². The molecular weight excluding hydrogens is 303 g/mol. The highest BCUT2D eigenvalue weighted by atomic mass is 127. The molecule has 0 saturated carbocycles.